The second kappa shape index (κ2) is 11.2. The Morgan fingerprint density at radius 2 is 2.13 bits per heavy atom. The van der Waals surface area contributed by atoms with E-state index in [2.05, 4.69) is 37.0 Å². The fourth-order valence-corrected chi connectivity index (χ4v) is 3.59. The minimum Gasteiger partial charge on any atom is -0.377 e. The SMILES string of the molecule is CN=C(NCCc1cnn(-c2ccccc2)c1)NC1CCc2nc(COC)nn2C1.I. The summed E-state index contributed by atoms with van der Waals surface area (Å²) in [6.07, 6.45) is 6.74. The lowest BCUT2D eigenvalue weighted by Gasteiger charge is -2.25. The van der Waals surface area contributed by atoms with Crippen molar-refractivity contribution < 1.29 is 4.74 Å². The molecule has 2 N–H and O–H groups in total. The van der Waals surface area contributed by atoms with Crippen LogP contribution in [0.15, 0.2) is 47.7 Å². The molecule has 0 bridgehead atoms. The Bertz CT molecular complexity index is 984. The smallest absolute Gasteiger partial charge is 0.191 e. The van der Waals surface area contributed by atoms with Crippen LogP contribution in [0, 0.1) is 0 Å². The topological polar surface area (TPSA) is 94.2 Å². The van der Waals surface area contributed by atoms with Gasteiger partial charge in [0, 0.05) is 39.4 Å². The summed E-state index contributed by atoms with van der Waals surface area (Å²) in [6, 6.07) is 10.4. The van der Waals surface area contributed by atoms with Crippen molar-refractivity contribution in [1.82, 2.24) is 35.2 Å². The molecule has 0 spiro atoms. The highest BCUT2D eigenvalue weighted by Crippen LogP contribution is 2.13. The number of halogens is 1. The van der Waals surface area contributed by atoms with Gasteiger partial charge in [-0.25, -0.2) is 14.3 Å². The number of rotatable bonds is 7. The lowest BCUT2D eigenvalue weighted by atomic mass is 10.1. The molecule has 4 rings (SSSR count). The number of nitrogens with one attached hydrogen (secondary N) is 2. The average molecular weight is 536 g/mol. The zero-order valence-corrected chi connectivity index (χ0v) is 20.2. The average Bonchev–Trinajstić information content (AvgIpc) is 3.40. The van der Waals surface area contributed by atoms with Crippen molar-refractivity contribution >= 4 is 29.9 Å². The summed E-state index contributed by atoms with van der Waals surface area (Å²) in [5.41, 5.74) is 2.24. The summed E-state index contributed by atoms with van der Waals surface area (Å²) in [5.74, 6) is 2.57. The maximum absolute atomic E-state index is 5.13. The van der Waals surface area contributed by atoms with Gasteiger partial charge in [-0.1, -0.05) is 18.2 Å². The van der Waals surface area contributed by atoms with Gasteiger partial charge in [0.25, 0.3) is 0 Å². The number of nitrogens with zero attached hydrogens (tertiary/aromatic N) is 6. The molecule has 9 nitrogen and oxygen atoms in total. The third kappa shape index (κ3) is 6.03. The minimum absolute atomic E-state index is 0. The van der Waals surface area contributed by atoms with Crippen molar-refractivity contribution in [2.24, 2.45) is 4.99 Å². The van der Waals surface area contributed by atoms with Crippen LogP contribution in [0.2, 0.25) is 0 Å². The van der Waals surface area contributed by atoms with E-state index in [1.165, 1.54) is 5.56 Å². The van der Waals surface area contributed by atoms with Gasteiger partial charge >= 0.3 is 0 Å². The quantitative estimate of drug-likeness (QED) is 0.273. The summed E-state index contributed by atoms with van der Waals surface area (Å²) in [7, 11) is 3.45. The van der Waals surface area contributed by atoms with E-state index in [1.807, 2.05) is 45.9 Å². The van der Waals surface area contributed by atoms with Crippen LogP contribution in [0.25, 0.3) is 5.69 Å². The summed E-state index contributed by atoms with van der Waals surface area (Å²) in [6.45, 7) is 2.00. The summed E-state index contributed by atoms with van der Waals surface area (Å²) in [5, 5.41) is 15.9. The highest BCUT2D eigenvalue weighted by atomic mass is 127. The van der Waals surface area contributed by atoms with Crippen LogP contribution in [-0.4, -0.2) is 57.2 Å². The number of hydrogen-bond donors (Lipinski definition) is 2. The van der Waals surface area contributed by atoms with Gasteiger partial charge in [-0.15, -0.1) is 24.0 Å². The van der Waals surface area contributed by atoms with Crippen molar-refractivity contribution in [3.8, 4) is 5.69 Å². The molecule has 0 saturated heterocycles. The molecule has 1 atom stereocenters. The first-order valence-corrected chi connectivity index (χ1v) is 10.2. The maximum atomic E-state index is 5.13. The number of guanidine groups is 1. The second-order valence-electron chi connectivity index (χ2n) is 7.32. The van der Waals surface area contributed by atoms with Gasteiger partial charge in [0.05, 0.1) is 18.4 Å². The van der Waals surface area contributed by atoms with E-state index < -0.39 is 0 Å². The van der Waals surface area contributed by atoms with Gasteiger partial charge in [-0.2, -0.15) is 10.2 Å². The third-order valence-electron chi connectivity index (χ3n) is 5.10. The third-order valence-corrected chi connectivity index (χ3v) is 5.10. The molecular weight excluding hydrogens is 507 g/mol. The molecule has 31 heavy (non-hydrogen) atoms. The molecular formula is C21H29IN8O. The molecule has 0 radical (unpaired) electrons. The first kappa shape index (κ1) is 23.2. The number of aromatic nitrogens is 5. The van der Waals surface area contributed by atoms with Crippen LogP contribution in [0.5, 0.6) is 0 Å². The molecule has 3 aromatic rings. The molecule has 0 fully saturated rings. The van der Waals surface area contributed by atoms with Crippen LogP contribution >= 0.6 is 24.0 Å². The van der Waals surface area contributed by atoms with Gasteiger partial charge in [0.1, 0.15) is 12.4 Å². The molecule has 1 unspecified atom stereocenters. The number of ether oxygens (including phenoxy) is 1. The molecule has 1 aliphatic rings. The lowest BCUT2D eigenvalue weighted by Crippen LogP contribution is -2.47. The van der Waals surface area contributed by atoms with Crippen molar-refractivity contribution in [3.63, 3.8) is 0 Å². The molecule has 0 aliphatic carbocycles. The van der Waals surface area contributed by atoms with E-state index in [1.54, 1.807) is 14.2 Å². The van der Waals surface area contributed by atoms with E-state index >= 15 is 0 Å². The largest absolute Gasteiger partial charge is 0.377 e. The monoisotopic (exact) mass is 536 g/mol. The predicted octanol–water partition coefficient (Wildman–Crippen LogP) is 1.95. The first-order chi connectivity index (χ1) is 14.7. The standard InChI is InChI=1S/C21H28N8O.HI/c1-22-21(25-17-8-9-20-26-19(15-30-2)27-29(20)14-17)23-11-10-16-12-24-28(13-16)18-6-4-3-5-7-18;/h3-7,12-13,17H,8-11,14-15H2,1-2H3,(H2,22,23,25);1H. The summed E-state index contributed by atoms with van der Waals surface area (Å²) < 4.78 is 9.01. The van der Waals surface area contributed by atoms with Gasteiger partial charge in [0.15, 0.2) is 11.8 Å². The molecule has 166 valence electrons. The minimum atomic E-state index is 0. The van der Waals surface area contributed by atoms with Gasteiger partial charge in [-0.05, 0) is 30.5 Å². The zero-order valence-electron chi connectivity index (χ0n) is 17.9. The first-order valence-electron chi connectivity index (χ1n) is 10.2. The van der Waals surface area contributed by atoms with Crippen molar-refractivity contribution in [1.29, 1.82) is 0 Å². The Balaban J connectivity index is 0.00000272. The van der Waals surface area contributed by atoms with Gasteiger partial charge in [0.2, 0.25) is 0 Å². The highest BCUT2D eigenvalue weighted by Gasteiger charge is 2.22. The summed E-state index contributed by atoms with van der Waals surface area (Å²) in [4.78, 5) is 8.89. The second-order valence-corrected chi connectivity index (χ2v) is 7.32. The number of aryl methyl sites for hydroxylation is 1. The Morgan fingerprint density at radius 1 is 1.29 bits per heavy atom. The summed E-state index contributed by atoms with van der Waals surface area (Å²) >= 11 is 0. The van der Waals surface area contributed by atoms with Crippen LogP contribution < -0.4 is 10.6 Å². The normalized spacial score (nSPS) is 15.8. The number of aliphatic imine (C=N–C) groups is 1. The van der Waals surface area contributed by atoms with Crippen molar-refractivity contribution in [3.05, 3.63) is 59.9 Å². The van der Waals surface area contributed by atoms with E-state index in [0.717, 1.165) is 55.6 Å². The lowest BCUT2D eigenvalue weighted by molar-refractivity contribution is 0.177. The molecule has 1 aliphatic heterocycles. The van der Waals surface area contributed by atoms with Crippen LogP contribution in [-0.2, 0) is 30.7 Å². The number of methoxy groups -OCH3 is 1. The van der Waals surface area contributed by atoms with Crippen LogP contribution in [0.1, 0.15) is 23.6 Å². The van der Waals surface area contributed by atoms with Gasteiger partial charge < -0.3 is 15.4 Å². The highest BCUT2D eigenvalue weighted by molar-refractivity contribution is 14.0. The van der Waals surface area contributed by atoms with Gasteiger partial charge in [-0.3, -0.25) is 4.99 Å². The zero-order chi connectivity index (χ0) is 20.8. The number of fused-ring (bicyclic) bond motifs is 1. The number of hydrogen-bond acceptors (Lipinski definition) is 5. The fraction of sp³-hybridized carbons (Fsp3) is 0.429. The molecule has 10 heteroatoms. The van der Waals surface area contributed by atoms with E-state index in [0.29, 0.717) is 6.61 Å². The Morgan fingerprint density at radius 3 is 2.90 bits per heavy atom. The molecule has 0 amide bonds. The Hall–Kier alpha value is -2.47. The molecule has 2 aromatic heterocycles. The van der Waals surface area contributed by atoms with E-state index in [9.17, 15) is 0 Å². The predicted molar refractivity (Wildman–Crippen MR) is 130 cm³/mol. The molecule has 0 saturated carbocycles. The molecule has 1 aromatic carbocycles. The van der Waals surface area contributed by atoms with Crippen LogP contribution in [0.3, 0.4) is 0 Å². The van der Waals surface area contributed by atoms with Crippen molar-refractivity contribution in [2.45, 2.75) is 38.5 Å². The van der Waals surface area contributed by atoms with E-state index in [-0.39, 0.29) is 30.0 Å². The van der Waals surface area contributed by atoms with Crippen molar-refractivity contribution in [2.75, 3.05) is 20.7 Å². The number of para-hydroxylation sites is 1. The molecule has 3 heterocycles. The Labute approximate surface area is 199 Å². The number of benzene rings is 1. The van der Waals surface area contributed by atoms with E-state index in [4.69, 9.17) is 4.74 Å². The Kier molecular flexibility index (Phi) is 8.41. The fourth-order valence-electron chi connectivity index (χ4n) is 3.59. The maximum Gasteiger partial charge on any atom is 0.191 e. The van der Waals surface area contributed by atoms with Crippen LogP contribution in [0.4, 0.5) is 0 Å².